The molecule has 1 aliphatic carbocycles. The summed E-state index contributed by atoms with van der Waals surface area (Å²) in [5, 5.41) is 3.74. The van der Waals surface area contributed by atoms with Crippen molar-refractivity contribution in [1.29, 1.82) is 0 Å². The van der Waals surface area contributed by atoms with Gasteiger partial charge in [-0.15, -0.1) is 0 Å². The lowest BCUT2D eigenvalue weighted by Gasteiger charge is -2.38. The van der Waals surface area contributed by atoms with Crippen LogP contribution in [-0.2, 0) is 19.4 Å². The summed E-state index contributed by atoms with van der Waals surface area (Å²) in [5.41, 5.74) is 5.75. The highest BCUT2D eigenvalue weighted by atomic mass is 15.2. The molecule has 3 nitrogen and oxygen atoms in total. The molecule has 0 unspecified atom stereocenters. The van der Waals surface area contributed by atoms with Crippen LogP contribution in [0.3, 0.4) is 0 Å². The zero-order valence-corrected chi connectivity index (χ0v) is 14.5. The molecule has 2 heterocycles. The molecule has 0 amide bonds. The predicted octanol–water partition coefficient (Wildman–Crippen LogP) is 3.50. The molecule has 4 rings (SSSR count). The first-order valence-electron chi connectivity index (χ1n) is 9.33. The second-order valence-electron chi connectivity index (χ2n) is 7.09. The topological polar surface area (TPSA) is 28.2 Å². The van der Waals surface area contributed by atoms with E-state index in [0.29, 0.717) is 12.1 Å². The molecule has 0 bridgehead atoms. The van der Waals surface area contributed by atoms with Gasteiger partial charge in [-0.1, -0.05) is 37.3 Å². The first kappa shape index (κ1) is 15.8. The van der Waals surface area contributed by atoms with E-state index in [1.54, 1.807) is 0 Å². The number of nitrogens with zero attached hydrogens (tertiary/aromatic N) is 2. The Kier molecular flexibility index (Phi) is 4.63. The molecule has 0 spiro atoms. The van der Waals surface area contributed by atoms with Crippen molar-refractivity contribution in [2.45, 2.75) is 51.2 Å². The van der Waals surface area contributed by atoms with Crippen molar-refractivity contribution < 1.29 is 0 Å². The number of hydrogen-bond donors (Lipinski definition) is 1. The Hall–Kier alpha value is -1.71. The average Bonchev–Trinajstić information content (AvgIpc) is 2.65. The zero-order chi connectivity index (χ0) is 16.4. The fourth-order valence-corrected chi connectivity index (χ4v) is 4.35. The summed E-state index contributed by atoms with van der Waals surface area (Å²) in [6.07, 6.45) is 6.79. The van der Waals surface area contributed by atoms with Gasteiger partial charge in [0.25, 0.3) is 0 Å². The first-order valence-corrected chi connectivity index (χ1v) is 9.33. The Morgan fingerprint density at radius 2 is 1.96 bits per heavy atom. The van der Waals surface area contributed by atoms with Gasteiger partial charge >= 0.3 is 0 Å². The number of hydrogen-bond acceptors (Lipinski definition) is 3. The summed E-state index contributed by atoms with van der Waals surface area (Å²) >= 11 is 0. The lowest BCUT2D eigenvalue weighted by molar-refractivity contribution is 0.161. The summed E-state index contributed by atoms with van der Waals surface area (Å²) in [6.45, 7) is 5.47. The second kappa shape index (κ2) is 7.04. The highest BCUT2D eigenvalue weighted by Crippen LogP contribution is 2.33. The molecule has 126 valence electrons. The predicted molar refractivity (Wildman–Crippen MR) is 97.9 cm³/mol. The minimum Gasteiger partial charge on any atom is -0.308 e. The van der Waals surface area contributed by atoms with Crippen LogP contribution < -0.4 is 5.32 Å². The maximum Gasteiger partial charge on any atom is 0.0607 e. The molecular weight excluding hydrogens is 294 g/mol. The summed E-state index contributed by atoms with van der Waals surface area (Å²) in [7, 11) is 0. The Morgan fingerprint density at radius 3 is 2.83 bits per heavy atom. The Bertz CT molecular complexity index is 697. The summed E-state index contributed by atoms with van der Waals surface area (Å²) in [5.74, 6) is 0. The van der Waals surface area contributed by atoms with Crippen LogP contribution in [0.2, 0.25) is 0 Å². The van der Waals surface area contributed by atoms with E-state index in [1.165, 1.54) is 41.6 Å². The third kappa shape index (κ3) is 3.11. The number of benzene rings is 1. The fraction of sp³-hybridized carbons (Fsp3) is 0.476. The first-order chi connectivity index (χ1) is 11.8. The van der Waals surface area contributed by atoms with E-state index in [4.69, 9.17) is 4.98 Å². The van der Waals surface area contributed by atoms with Gasteiger partial charge in [-0.3, -0.25) is 9.88 Å². The molecule has 0 fully saturated rings. The number of pyridine rings is 1. The standard InChI is InChI=1S/C21H27N3/c1-2-24(20-11-5-9-16-10-6-12-22-21(16)20)15-19-13-17-7-3-4-8-18(17)14-23-19/h3-4,6-8,10,12,19-20,23H,2,5,9,11,13-15H2,1H3/t19-,20+/m1/s1. The van der Waals surface area contributed by atoms with Crippen molar-refractivity contribution in [2.75, 3.05) is 13.1 Å². The maximum absolute atomic E-state index is 4.74. The molecule has 2 atom stereocenters. The highest BCUT2D eigenvalue weighted by Gasteiger charge is 2.28. The van der Waals surface area contributed by atoms with Crippen LogP contribution in [0.25, 0.3) is 0 Å². The Balaban J connectivity index is 1.50. The molecule has 2 aliphatic rings. The van der Waals surface area contributed by atoms with E-state index in [-0.39, 0.29) is 0 Å². The molecule has 1 N–H and O–H groups in total. The van der Waals surface area contributed by atoms with E-state index in [1.807, 2.05) is 6.20 Å². The van der Waals surface area contributed by atoms with Crippen molar-refractivity contribution in [3.05, 3.63) is 65.0 Å². The molecule has 24 heavy (non-hydrogen) atoms. The highest BCUT2D eigenvalue weighted by molar-refractivity contribution is 5.30. The van der Waals surface area contributed by atoms with Gasteiger partial charge < -0.3 is 5.32 Å². The van der Waals surface area contributed by atoms with Crippen molar-refractivity contribution in [3.8, 4) is 0 Å². The van der Waals surface area contributed by atoms with Crippen molar-refractivity contribution in [1.82, 2.24) is 15.2 Å². The van der Waals surface area contributed by atoms with Gasteiger partial charge in [-0.2, -0.15) is 0 Å². The Morgan fingerprint density at radius 1 is 1.12 bits per heavy atom. The van der Waals surface area contributed by atoms with Gasteiger partial charge in [0.2, 0.25) is 0 Å². The third-order valence-corrected chi connectivity index (χ3v) is 5.63. The zero-order valence-electron chi connectivity index (χ0n) is 14.5. The molecule has 1 aromatic carbocycles. The summed E-state index contributed by atoms with van der Waals surface area (Å²) in [6, 6.07) is 14.2. The fourth-order valence-electron chi connectivity index (χ4n) is 4.35. The second-order valence-corrected chi connectivity index (χ2v) is 7.09. The molecule has 3 heteroatoms. The van der Waals surface area contributed by atoms with Crippen LogP contribution in [0.1, 0.15) is 48.2 Å². The summed E-state index contributed by atoms with van der Waals surface area (Å²) in [4.78, 5) is 7.37. The number of nitrogens with one attached hydrogen (secondary N) is 1. The van der Waals surface area contributed by atoms with Gasteiger partial charge in [-0.05, 0) is 55.0 Å². The molecule has 0 saturated heterocycles. The molecule has 1 aliphatic heterocycles. The molecule has 0 saturated carbocycles. The van der Waals surface area contributed by atoms with Gasteiger partial charge in [0.05, 0.1) is 11.7 Å². The van der Waals surface area contributed by atoms with Crippen molar-refractivity contribution in [3.63, 3.8) is 0 Å². The molecule has 2 aromatic rings. The van der Waals surface area contributed by atoms with Gasteiger partial charge in [0.15, 0.2) is 0 Å². The van der Waals surface area contributed by atoms with Crippen LogP contribution in [0.5, 0.6) is 0 Å². The van der Waals surface area contributed by atoms with E-state index < -0.39 is 0 Å². The maximum atomic E-state index is 4.74. The summed E-state index contributed by atoms with van der Waals surface area (Å²) < 4.78 is 0. The van der Waals surface area contributed by atoms with Crippen LogP contribution in [0.4, 0.5) is 0 Å². The van der Waals surface area contributed by atoms with Gasteiger partial charge in [-0.25, -0.2) is 0 Å². The van der Waals surface area contributed by atoms with Crippen molar-refractivity contribution in [2.24, 2.45) is 0 Å². The minimum atomic E-state index is 0.485. The van der Waals surface area contributed by atoms with E-state index in [2.05, 4.69) is 53.5 Å². The quantitative estimate of drug-likeness (QED) is 0.934. The SMILES string of the molecule is CCN(C[C@H]1Cc2ccccc2CN1)[C@H]1CCCc2cccnc21. The number of aromatic nitrogens is 1. The smallest absolute Gasteiger partial charge is 0.0607 e. The lowest BCUT2D eigenvalue weighted by Crippen LogP contribution is -2.46. The molecule has 1 aromatic heterocycles. The van der Waals surface area contributed by atoms with Crippen LogP contribution in [-0.4, -0.2) is 29.0 Å². The average molecular weight is 321 g/mol. The Labute approximate surface area is 145 Å². The van der Waals surface area contributed by atoms with E-state index in [0.717, 1.165) is 26.1 Å². The monoisotopic (exact) mass is 321 g/mol. The normalized spacial score (nSPS) is 22.9. The number of rotatable bonds is 4. The van der Waals surface area contributed by atoms with Gasteiger partial charge in [0, 0.05) is 25.3 Å². The number of likely N-dealkylation sites (N-methyl/N-ethyl adjacent to an activating group) is 1. The van der Waals surface area contributed by atoms with Crippen LogP contribution >= 0.6 is 0 Å². The van der Waals surface area contributed by atoms with E-state index >= 15 is 0 Å². The molecular formula is C21H27N3. The van der Waals surface area contributed by atoms with E-state index in [9.17, 15) is 0 Å². The number of fused-ring (bicyclic) bond motifs is 2. The van der Waals surface area contributed by atoms with Crippen molar-refractivity contribution >= 4 is 0 Å². The largest absolute Gasteiger partial charge is 0.308 e. The third-order valence-electron chi connectivity index (χ3n) is 5.63. The minimum absolute atomic E-state index is 0.485. The van der Waals surface area contributed by atoms with Gasteiger partial charge in [0.1, 0.15) is 0 Å². The molecule has 0 radical (unpaired) electrons. The van der Waals surface area contributed by atoms with Crippen LogP contribution in [0.15, 0.2) is 42.6 Å². The lowest BCUT2D eigenvalue weighted by atomic mass is 9.90. The number of aryl methyl sites for hydroxylation is 1. The van der Waals surface area contributed by atoms with Crippen LogP contribution in [0, 0.1) is 0 Å².